The molecule has 0 aliphatic carbocycles. The Hall–Kier alpha value is -0.810. The van der Waals surface area contributed by atoms with Crippen molar-refractivity contribution in [2.24, 2.45) is 5.41 Å². The average Bonchev–Trinajstić information content (AvgIpc) is 2.35. The van der Waals surface area contributed by atoms with Gasteiger partial charge in [-0.05, 0) is 45.4 Å². The van der Waals surface area contributed by atoms with Gasteiger partial charge in [-0.3, -0.25) is 0 Å². The maximum absolute atomic E-state index is 12.0. The molecule has 0 radical (unpaired) electrons. The van der Waals surface area contributed by atoms with Crippen molar-refractivity contribution >= 4 is 6.09 Å². The van der Waals surface area contributed by atoms with Gasteiger partial charge >= 0.3 is 6.09 Å². The Kier molecular flexibility index (Phi) is 6.47. The van der Waals surface area contributed by atoms with E-state index in [1.54, 1.807) is 4.90 Å². The molecule has 124 valence electrons. The van der Waals surface area contributed by atoms with Gasteiger partial charge < -0.3 is 20.1 Å². The number of aliphatic hydroxyl groups excluding tert-OH is 1. The minimum absolute atomic E-state index is 0.108. The van der Waals surface area contributed by atoms with E-state index in [2.05, 4.69) is 19.2 Å². The molecule has 0 atom stereocenters. The molecule has 5 nitrogen and oxygen atoms in total. The molecule has 1 fully saturated rings. The fraction of sp³-hybridized carbons (Fsp3) is 0.938. The first-order chi connectivity index (χ1) is 9.63. The molecule has 1 aliphatic heterocycles. The summed E-state index contributed by atoms with van der Waals surface area (Å²) in [6.45, 7) is 12.6. The molecule has 0 aromatic heterocycles. The zero-order chi connectivity index (χ0) is 16.1. The molecule has 0 spiro atoms. The lowest BCUT2D eigenvalue weighted by Crippen LogP contribution is -2.48. The van der Waals surface area contributed by atoms with Crippen molar-refractivity contribution in [2.75, 3.05) is 26.2 Å². The SMILES string of the molecule is CC(C)(CCO)CNC1CCN(C(=O)OC(C)(C)C)CC1. The molecule has 0 aromatic carbocycles. The van der Waals surface area contributed by atoms with Crippen LogP contribution in [0.25, 0.3) is 0 Å². The summed E-state index contributed by atoms with van der Waals surface area (Å²) in [7, 11) is 0. The third-order valence-electron chi connectivity index (χ3n) is 3.80. The van der Waals surface area contributed by atoms with E-state index in [1.165, 1.54) is 0 Å². The van der Waals surface area contributed by atoms with E-state index in [-0.39, 0.29) is 18.1 Å². The van der Waals surface area contributed by atoms with Crippen molar-refractivity contribution in [1.82, 2.24) is 10.2 Å². The van der Waals surface area contributed by atoms with Crippen LogP contribution in [-0.2, 0) is 4.74 Å². The van der Waals surface area contributed by atoms with E-state index >= 15 is 0 Å². The lowest BCUT2D eigenvalue weighted by molar-refractivity contribution is 0.0195. The number of carbonyl (C=O) groups excluding carboxylic acids is 1. The molecule has 1 heterocycles. The number of hydrogen-bond acceptors (Lipinski definition) is 4. The Balaban J connectivity index is 2.31. The molecule has 0 unspecified atom stereocenters. The molecule has 1 amide bonds. The summed E-state index contributed by atoms with van der Waals surface area (Å²) >= 11 is 0. The first kappa shape index (κ1) is 18.2. The average molecular weight is 300 g/mol. The Morgan fingerprint density at radius 1 is 1.24 bits per heavy atom. The van der Waals surface area contributed by atoms with Crippen molar-refractivity contribution in [3.63, 3.8) is 0 Å². The van der Waals surface area contributed by atoms with Gasteiger partial charge in [-0.2, -0.15) is 0 Å². The molecule has 2 N–H and O–H groups in total. The van der Waals surface area contributed by atoms with Crippen LogP contribution in [0.4, 0.5) is 4.79 Å². The zero-order valence-electron chi connectivity index (χ0n) is 14.2. The first-order valence-corrected chi connectivity index (χ1v) is 7.95. The summed E-state index contributed by atoms with van der Waals surface area (Å²) < 4.78 is 5.40. The molecule has 0 bridgehead atoms. The van der Waals surface area contributed by atoms with Gasteiger partial charge in [-0.1, -0.05) is 13.8 Å². The van der Waals surface area contributed by atoms with Crippen LogP contribution in [-0.4, -0.2) is 54.0 Å². The minimum Gasteiger partial charge on any atom is -0.444 e. The van der Waals surface area contributed by atoms with Crippen LogP contribution in [0.1, 0.15) is 53.9 Å². The Morgan fingerprint density at radius 3 is 2.29 bits per heavy atom. The quantitative estimate of drug-likeness (QED) is 0.818. The third kappa shape index (κ3) is 7.14. The topological polar surface area (TPSA) is 61.8 Å². The first-order valence-electron chi connectivity index (χ1n) is 7.95. The Bertz CT molecular complexity index is 329. The van der Waals surface area contributed by atoms with Gasteiger partial charge in [0.1, 0.15) is 5.60 Å². The van der Waals surface area contributed by atoms with E-state index in [1.807, 2.05) is 20.8 Å². The van der Waals surface area contributed by atoms with E-state index in [9.17, 15) is 4.79 Å². The number of aliphatic hydroxyl groups is 1. The standard InChI is InChI=1S/C16H32N2O3/c1-15(2,3)21-14(20)18-9-6-13(7-10-18)17-12-16(4,5)8-11-19/h13,17,19H,6-12H2,1-5H3. The number of hydrogen-bond donors (Lipinski definition) is 2. The predicted octanol–water partition coefficient (Wildman–Crippen LogP) is 2.38. The molecular weight excluding hydrogens is 268 g/mol. The second-order valence-electron chi connectivity index (χ2n) is 7.76. The van der Waals surface area contributed by atoms with Gasteiger partial charge in [0, 0.05) is 32.3 Å². The number of nitrogens with zero attached hydrogens (tertiary/aromatic N) is 1. The van der Waals surface area contributed by atoms with E-state index < -0.39 is 5.60 Å². The van der Waals surface area contributed by atoms with Crippen LogP contribution in [0.2, 0.25) is 0 Å². The van der Waals surface area contributed by atoms with Gasteiger partial charge in [-0.15, -0.1) is 0 Å². The van der Waals surface area contributed by atoms with Gasteiger partial charge in [0.25, 0.3) is 0 Å². The summed E-state index contributed by atoms with van der Waals surface area (Å²) in [4.78, 5) is 13.8. The Morgan fingerprint density at radius 2 is 1.81 bits per heavy atom. The molecule has 1 saturated heterocycles. The number of rotatable bonds is 5. The van der Waals surface area contributed by atoms with Crippen molar-refractivity contribution in [3.05, 3.63) is 0 Å². The lowest BCUT2D eigenvalue weighted by atomic mass is 9.89. The van der Waals surface area contributed by atoms with Crippen LogP contribution < -0.4 is 5.32 Å². The second kappa shape index (κ2) is 7.45. The lowest BCUT2D eigenvalue weighted by Gasteiger charge is -2.35. The molecule has 0 aromatic rings. The highest BCUT2D eigenvalue weighted by Gasteiger charge is 2.27. The van der Waals surface area contributed by atoms with Crippen LogP contribution >= 0.6 is 0 Å². The summed E-state index contributed by atoms with van der Waals surface area (Å²) in [5.74, 6) is 0. The molecule has 0 saturated carbocycles. The summed E-state index contributed by atoms with van der Waals surface area (Å²) in [5, 5.41) is 12.6. The van der Waals surface area contributed by atoms with Gasteiger partial charge in [0.15, 0.2) is 0 Å². The van der Waals surface area contributed by atoms with Crippen LogP contribution in [0, 0.1) is 5.41 Å². The van der Waals surface area contributed by atoms with Crippen molar-refractivity contribution in [2.45, 2.75) is 65.5 Å². The van der Waals surface area contributed by atoms with Crippen molar-refractivity contribution in [3.8, 4) is 0 Å². The number of piperidine rings is 1. The number of likely N-dealkylation sites (tertiary alicyclic amines) is 1. The molecule has 1 rings (SSSR count). The molecular formula is C16H32N2O3. The second-order valence-corrected chi connectivity index (χ2v) is 7.76. The van der Waals surface area contributed by atoms with Crippen LogP contribution in [0.5, 0.6) is 0 Å². The Labute approximate surface area is 129 Å². The van der Waals surface area contributed by atoms with E-state index in [0.29, 0.717) is 6.04 Å². The summed E-state index contributed by atoms with van der Waals surface area (Å²) in [5.41, 5.74) is -0.322. The molecule has 1 aliphatic rings. The van der Waals surface area contributed by atoms with Crippen molar-refractivity contribution < 1.29 is 14.6 Å². The number of ether oxygens (including phenoxy) is 1. The predicted molar refractivity (Wildman–Crippen MR) is 84.3 cm³/mol. The largest absolute Gasteiger partial charge is 0.444 e. The molecule has 21 heavy (non-hydrogen) atoms. The zero-order valence-corrected chi connectivity index (χ0v) is 14.2. The highest BCUT2D eigenvalue weighted by atomic mass is 16.6. The van der Waals surface area contributed by atoms with E-state index in [4.69, 9.17) is 9.84 Å². The van der Waals surface area contributed by atoms with Crippen LogP contribution in [0.3, 0.4) is 0 Å². The fourth-order valence-corrected chi connectivity index (χ4v) is 2.40. The maximum atomic E-state index is 12.0. The summed E-state index contributed by atoms with van der Waals surface area (Å²) in [6, 6.07) is 0.446. The van der Waals surface area contributed by atoms with Gasteiger partial charge in [0.2, 0.25) is 0 Å². The highest BCUT2D eigenvalue weighted by Crippen LogP contribution is 2.20. The number of nitrogens with one attached hydrogen (secondary N) is 1. The monoisotopic (exact) mass is 300 g/mol. The third-order valence-corrected chi connectivity index (χ3v) is 3.80. The normalized spacial score (nSPS) is 17.9. The van der Waals surface area contributed by atoms with Gasteiger partial charge in [0.05, 0.1) is 0 Å². The van der Waals surface area contributed by atoms with Gasteiger partial charge in [-0.25, -0.2) is 4.79 Å². The smallest absolute Gasteiger partial charge is 0.410 e. The van der Waals surface area contributed by atoms with E-state index in [0.717, 1.165) is 38.9 Å². The maximum Gasteiger partial charge on any atom is 0.410 e. The summed E-state index contributed by atoms with van der Waals surface area (Å²) in [6.07, 6.45) is 2.50. The number of amides is 1. The number of carbonyl (C=O) groups is 1. The van der Waals surface area contributed by atoms with Crippen LogP contribution in [0.15, 0.2) is 0 Å². The highest BCUT2D eigenvalue weighted by molar-refractivity contribution is 5.68. The minimum atomic E-state index is -0.430. The fourth-order valence-electron chi connectivity index (χ4n) is 2.40. The van der Waals surface area contributed by atoms with Crippen molar-refractivity contribution in [1.29, 1.82) is 0 Å². The molecule has 5 heteroatoms.